The second-order valence-electron chi connectivity index (χ2n) is 7.42. The van der Waals surface area contributed by atoms with Crippen LogP contribution in [0.2, 0.25) is 0 Å². The molecule has 25 heavy (non-hydrogen) atoms. The molecule has 0 atom stereocenters. The van der Waals surface area contributed by atoms with Gasteiger partial charge in [-0.3, -0.25) is 4.68 Å². The number of fused-ring (bicyclic) bond motifs is 1. The number of aryl methyl sites for hydroxylation is 2. The number of hydrogen-bond donors (Lipinski definition) is 1. The van der Waals surface area contributed by atoms with E-state index in [1.807, 2.05) is 24.9 Å². The highest BCUT2D eigenvalue weighted by atomic mass is 16.5. The number of pyridine rings is 1. The SMILES string of the molecule is Cc1nn(C)c2ncc(NC(=O)N3CCOCC4(CCCC4)C3)cc12. The number of urea groups is 1. The second-order valence-corrected chi connectivity index (χ2v) is 7.42. The molecule has 3 heterocycles. The van der Waals surface area contributed by atoms with Crippen molar-refractivity contribution in [2.45, 2.75) is 32.6 Å². The van der Waals surface area contributed by atoms with Gasteiger partial charge in [0.1, 0.15) is 0 Å². The topological polar surface area (TPSA) is 72.3 Å². The van der Waals surface area contributed by atoms with Crippen LogP contribution < -0.4 is 5.32 Å². The lowest BCUT2D eigenvalue weighted by Gasteiger charge is -2.31. The van der Waals surface area contributed by atoms with Crippen LogP contribution in [0.25, 0.3) is 11.0 Å². The van der Waals surface area contributed by atoms with Gasteiger partial charge in [0.2, 0.25) is 0 Å². The Balaban J connectivity index is 1.51. The molecule has 2 aliphatic rings. The Morgan fingerprint density at radius 3 is 2.96 bits per heavy atom. The first-order chi connectivity index (χ1) is 12.1. The number of carbonyl (C=O) groups is 1. The van der Waals surface area contributed by atoms with Crippen molar-refractivity contribution in [3.8, 4) is 0 Å². The number of aromatic nitrogens is 3. The number of anilines is 1. The van der Waals surface area contributed by atoms with Crippen LogP contribution in [-0.4, -0.2) is 52.0 Å². The molecule has 1 spiro atoms. The van der Waals surface area contributed by atoms with E-state index >= 15 is 0 Å². The van der Waals surface area contributed by atoms with E-state index in [9.17, 15) is 4.79 Å². The highest BCUT2D eigenvalue weighted by Crippen LogP contribution is 2.40. The predicted octanol–water partition coefficient (Wildman–Crippen LogP) is 2.70. The van der Waals surface area contributed by atoms with E-state index in [4.69, 9.17) is 4.74 Å². The molecule has 1 saturated carbocycles. The molecule has 7 nitrogen and oxygen atoms in total. The summed E-state index contributed by atoms with van der Waals surface area (Å²) in [6.45, 7) is 4.74. The van der Waals surface area contributed by atoms with Gasteiger partial charge < -0.3 is 15.0 Å². The number of amides is 2. The minimum absolute atomic E-state index is 0.0699. The van der Waals surface area contributed by atoms with Gasteiger partial charge in [-0.25, -0.2) is 9.78 Å². The minimum Gasteiger partial charge on any atom is -0.379 e. The zero-order valence-corrected chi connectivity index (χ0v) is 14.9. The summed E-state index contributed by atoms with van der Waals surface area (Å²) < 4.78 is 7.55. The highest BCUT2D eigenvalue weighted by molar-refractivity contribution is 5.92. The standard InChI is InChI=1S/C18H25N5O2/c1-13-15-9-14(10-19-16(15)22(2)21-13)20-17(24)23-7-8-25-12-18(11-23)5-3-4-6-18/h9-10H,3-8,11-12H2,1-2H3,(H,20,24). The molecule has 1 aliphatic heterocycles. The first-order valence-corrected chi connectivity index (χ1v) is 8.99. The third-order valence-electron chi connectivity index (χ3n) is 5.51. The van der Waals surface area contributed by atoms with E-state index in [1.54, 1.807) is 10.9 Å². The Kier molecular flexibility index (Phi) is 4.11. The average Bonchev–Trinajstić information content (AvgIpc) is 3.07. The molecule has 0 unspecified atom stereocenters. The summed E-state index contributed by atoms with van der Waals surface area (Å²) >= 11 is 0. The van der Waals surface area contributed by atoms with E-state index in [-0.39, 0.29) is 11.4 Å². The molecular formula is C18H25N5O2. The lowest BCUT2D eigenvalue weighted by atomic mass is 9.87. The lowest BCUT2D eigenvalue weighted by Crippen LogP contribution is -2.42. The van der Waals surface area contributed by atoms with E-state index in [1.165, 1.54) is 12.8 Å². The first kappa shape index (κ1) is 16.3. The summed E-state index contributed by atoms with van der Waals surface area (Å²) in [6, 6.07) is 1.88. The van der Waals surface area contributed by atoms with Gasteiger partial charge in [0, 0.05) is 30.9 Å². The number of hydrogen-bond acceptors (Lipinski definition) is 4. The molecule has 134 valence electrons. The van der Waals surface area contributed by atoms with Crippen molar-refractivity contribution < 1.29 is 9.53 Å². The molecule has 0 aromatic carbocycles. The van der Waals surface area contributed by atoms with Crippen LogP contribution >= 0.6 is 0 Å². The molecule has 2 fully saturated rings. The van der Waals surface area contributed by atoms with Crippen molar-refractivity contribution >= 4 is 22.8 Å². The van der Waals surface area contributed by atoms with Gasteiger partial charge >= 0.3 is 6.03 Å². The van der Waals surface area contributed by atoms with E-state index in [0.29, 0.717) is 18.8 Å². The number of nitrogens with one attached hydrogen (secondary N) is 1. The molecule has 2 amide bonds. The molecule has 1 N–H and O–H groups in total. The maximum Gasteiger partial charge on any atom is 0.321 e. The monoisotopic (exact) mass is 343 g/mol. The summed E-state index contributed by atoms with van der Waals surface area (Å²) in [5.74, 6) is 0. The molecule has 7 heteroatoms. The molecule has 1 saturated heterocycles. The van der Waals surface area contributed by atoms with Gasteiger partial charge in [0.25, 0.3) is 0 Å². The van der Waals surface area contributed by atoms with Gasteiger partial charge in [-0.2, -0.15) is 5.10 Å². The largest absolute Gasteiger partial charge is 0.379 e. The van der Waals surface area contributed by atoms with Crippen LogP contribution in [-0.2, 0) is 11.8 Å². The van der Waals surface area contributed by atoms with Crippen LogP contribution in [0.4, 0.5) is 10.5 Å². The van der Waals surface area contributed by atoms with Crippen LogP contribution in [0.1, 0.15) is 31.4 Å². The fourth-order valence-corrected chi connectivity index (χ4v) is 4.17. The van der Waals surface area contributed by atoms with Crippen LogP contribution in [0.15, 0.2) is 12.3 Å². The van der Waals surface area contributed by atoms with Gasteiger partial charge in [-0.1, -0.05) is 12.8 Å². The number of rotatable bonds is 1. The van der Waals surface area contributed by atoms with Crippen molar-refractivity contribution in [3.05, 3.63) is 18.0 Å². The smallest absolute Gasteiger partial charge is 0.321 e. The van der Waals surface area contributed by atoms with Crippen molar-refractivity contribution in [3.63, 3.8) is 0 Å². The molecule has 4 rings (SSSR count). The Bertz CT molecular complexity index is 794. The molecular weight excluding hydrogens is 318 g/mol. The molecule has 2 aromatic heterocycles. The second kappa shape index (κ2) is 6.29. The van der Waals surface area contributed by atoms with Crippen LogP contribution in [0.3, 0.4) is 0 Å². The third-order valence-corrected chi connectivity index (χ3v) is 5.51. The number of carbonyl (C=O) groups excluding carboxylic acids is 1. The van der Waals surface area contributed by atoms with Crippen LogP contribution in [0, 0.1) is 12.3 Å². The summed E-state index contributed by atoms with van der Waals surface area (Å²) in [5, 5.41) is 8.35. The number of nitrogens with zero attached hydrogens (tertiary/aromatic N) is 4. The zero-order chi connectivity index (χ0) is 17.4. The fraction of sp³-hybridized carbons (Fsp3) is 0.611. The fourth-order valence-electron chi connectivity index (χ4n) is 4.17. The van der Waals surface area contributed by atoms with E-state index in [2.05, 4.69) is 15.4 Å². The predicted molar refractivity (Wildman–Crippen MR) is 95.6 cm³/mol. The van der Waals surface area contributed by atoms with Crippen molar-refractivity contribution in [2.75, 3.05) is 31.6 Å². The maximum absolute atomic E-state index is 12.8. The summed E-state index contributed by atoms with van der Waals surface area (Å²) in [6.07, 6.45) is 6.47. The van der Waals surface area contributed by atoms with Crippen molar-refractivity contribution in [1.82, 2.24) is 19.7 Å². The zero-order valence-electron chi connectivity index (χ0n) is 14.9. The van der Waals surface area contributed by atoms with Crippen LogP contribution in [0.5, 0.6) is 0 Å². The molecule has 2 aromatic rings. The third kappa shape index (κ3) is 3.08. The lowest BCUT2D eigenvalue weighted by molar-refractivity contribution is 0.0718. The number of ether oxygens (including phenoxy) is 1. The van der Waals surface area contributed by atoms with Crippen molar-refractivity contribution in [2.24, 2.45) is 12.5 Å². The summed E-state index contributed by atoms with van der Waals surface area (Å²) in [4.78, 5) is 19.1. The van der Waals surface area contributed by atoms with Gasteiger partial charge in [-0.15, -0.1) is 0 Å². The minimum atomic E-state index is -0.0699. The Morgan fingerprint density at radius 2 is 2.16 bits per heavy atom. The quantitative estimate of drug-likeness (QED) is 0.864. The molecule has 1 aliphatic carbocycles. The summed E-state index contributed by atoms with van der Waals surface area (Å²) in [5.41, 5.74) is 2.59. The first-order valence-electron chi connectivity index (χ1n) is 8.99. The van der Waals surface area contributed by atoms with E-state index in [0.717, 1.165) is 42.7 Å². The molecule has 0 bridgehead atoms. The van der Waals surface area contributed by atoms with Crippen molar-refractivity contribution in [1.29, 1.82) is 0 Å². The van der Waals surface area contributed by atoms with E-state index < -0.39 is 0 Å². The van der Waals surface area contributed by atoms with Gasteiger partial charge in [0.15, 0.2) is 5.65 Å². The Labute approximate surface area is 147 Å². The highest BCUT2D eigenvalue weighted by Gasteiger charge is 2.38. The summed E-state index contributed by atoms with van der Waals surface area (Å²) in [7, 11) is 1.87. The van der Waals surface area contributed by atoms with Gasteiger partial charge in [-0.05, 0) is 25.8 Å². The Morgan fingerprint density at radius 1 is 1.36 bits per heavy atom. The molecule has 0 radical (unpaired) electrons. The Hall–Kier alpha value is -2.15. The normalized spacial score (nSPS) is 20.2. The maximum atomic E-state index is 12.8. The average molecular weight is 343 g/mol. The van der Waals surface area contributed by atoms with Gasteiger partial charge in [0.05, 0.1) is 30.8 Å².